The molecule has 2 aromatic carbocycles. The Labute approximate surface area is 207 Å². The Hall–Kier alpha value is -1.71. The summed E-state index contributed by atoms with van der Waals surface area (Å²) in [5.41, 5.74) is 4.29. The Kier molecular flexibility index (Phi) is 7.07. The first-order chi connectivity index (χ1) is 15.2. The topological polar surface area (TPSA) is 74.0 Å². The van der Waals surface area contributed by atoms with E-state index in [2.05, 4.69) is 46.7 Å². The van der Waals surface area contributed by atoms with Gasteiger partial charge in [0.05, 0.1) is 6.04 Å². The molecule has 4 aromatic rings. The van der Waals surface area contributed by atoms with Gasteiger partial charge in [-0.15, -0.1) is 4.72 Å². The monoisotopic (exact) mass is 575 g/mol. The molecule has 0 amide bonds. The molecule has 0 radical (unpaired) electrons. The van der Waals surface area contributed by atoms with Crippen molar-refractivity contribution in [3.05, 3.63) is 81.0 Å². The summed E-state index contributed by atoms with van der Waals surface area (Å²) in [5, 5.41) is 5.30. The molecule has 0 spiro atoms. The number of fused-ring (bicyclic) bond motifs is 1. The number of halogens is 2. The lowest BCUT2D eigenvalue weighted by atomic mass is 9.94. The molecule has 1 N–H and O–H groups in total. The molecule has 0 bridgehead atoms. The molecule has 5 nitrogen and oxygen atoms in total. The minimum absolute atomic E-state index is 0.241. The van der Waals surface area contributed by atoms with Crippen LogP contribution in [0.1, 0.15) is 38.1 Å². The number of benzene rings is 2. The lowest BCUT2D eigenvalue weighted by Gasteiger charge is -2.29. The molecular formula is C24H23Br2N3O2S. The highest BCUT2D eigenvalue weighted by Crippen LogP contribution is 2.35. The van der Waals surface area contributed by atoms with Crippen molar-refractivity contribution >= 4 is 54.2 Å². The van der Waals surface area contributed by atoms with Crippen LogP contribution in [0.3, 0.4) is 0 Å². The van der Waals surface area contributed by atoms with E-state index >= 15 is 0 Å². The lowest BCUT2D eigenvalue weighted by Crippen LogP contribution is -2.42. The fourth-order valence-electron chi connectivity index (χ4n) is 3.42. The van der Waals surface area contributed by atoms with Gasteiger partial charge in [-0.25, -0.2) is 4.98 Å². The number of pyridine rings is 1. The fourth-order valence-corrected chi connectivity index (χ4v) is 4.96. The van der Waals surface area contributed by atoms with Crippen molar-refractivity contribution < 1.29 is 9.08 Å². The number of hydrogen-bond donors (Lipinski definition) is 1. The van der Waals surface area contributed by atoms with Crippen molar-refractivity contribution in [2.24, 2.45) is 0 Å². The molecule has 0 saturated heterocycles. The van der Waals surface area contributed by atoms with Crippen molar-refractivity contribution in [1.29, 1.82) is 0 Å². The number of rotatable bonds is 6. The molecule has 4 rings (SSSR count). The normalized spacial score (nSPS) is 13.9. The van der Waals surface area contributed by atoms with Crippen molar-refractivity contribution in [1.82, 2.24) is 14.9 Å². The van der Waals surface area contributed by atoms with Gasteiger partial charge in [-0.05, 0) is 72.6 Å². The Bertz CT molecular complexity index is 1240. The van der Waals surface area contributed by atoms with Crippen molar-refractivity contribution in [2.75, 3.05) is 0 Å². The molecule has 0 fully saturated rings. The van der Waals surface area contributed by atoms with Gasteiger partial charge in [-0.1, -0.05) is 51.4 Å². The first-order valence-corrected chi connectivity index (χ1v) is 12.9. The summed E-state index contributed by atoms with van der Waals surface area (Å²) in [4.78, 5) is 4.60. The fraction of sp³-hybridized carbons (Fsp3) is 0.250. The summed E-state index contributed by atoms with van der Waals surface area (Å²) in [7, 11) is 0. The zero-order valence-corrected chi connectivity index (χ0v) is 21.9. The largest absolute Gasteiger partial charge is 0.598 e. The summed E-state index contributed by atoms with van der Waals surface area (Å²) < 4.78 is 23.3. The van der Waals surface area contributed by atoms with E-state index in [1.54, 1.807) is 0 Å². The summed E-state index contributed by atoms with van der Waals surface area (Å²) in [6.45, 7) is 5.87. The number of nitrogens with zero attached hydrogens (tertiary/aromatic N) is 2. The number of nitrogens with one attached hydrogen (secondary N) is 1. The standard InChI is InChI=1S/C24H23Br2N3O2S/c1-24(2,3)32(30)29-20(14-16-7-6-10-22(26)27-16)17-8-4-5-9-18(17)23-19-12-11-15(25)13-21(19)31-28-23/h4-13,20,29H,14H2,1-3H3. The Morgan fingerprint density at radius 3 is 2.59 bits per heavy atom. The van der Waals surface area contributed by atoms with E-state index in [1.807, 2.05) is 81.4 Å². The zero-order chi connectivity index (χ0) is 22.9. The van der Waals surface area contributed by atoms with Gasteiger partial charge in [0.15, 0.2) is 5.58 Å². The van der Waals surface area contributed by atoms with Crippen LogP contribution in [-0.4, -0.2) is 19.4 Å². The molecule has 2 atom stereocenters. The van der Waals surface area contributed by atoms with Crippen LogP contribution in [0.2, 0.25) is 0 Å². The van der Waals surface area contributed by atoms with E-state index in [0.717, 1.165) is 37.0 Å². The van der Waals surface area contributed by atoms with Gasteiger partial charge in [0.2, 0.25) is 0 Å². The second-order valence-corrected chi connectivity index (χ2v) is 12.2. The Morgan fingerprint density at radius 1 is 1.06 bits per heavy atom. The maximum atomic E-state index is 13.1. The molecule has 32 heavy (non-hydrogen) atoms. The molecular weight excluding hydrogens is 554 g/mol. The van der Waals surface area contributed by atoms with Gasteiger partial charge in [0.25, 0.3) is 0 Å². The van der Waals surface area contributed by atoms with Crippen LogP contribution < -0.4 is 4.72 Å². The minimum Gasteiger partial charge on any atom is -0.598 e. The molecule has 2 heterocycles. The third kappa shape index (κ3) is 5.26. The summed E-state index contributed by atoms with van der Waals surface area (Å²) in [6, 6.07) is 19.5. The highest BCUT2D eigenvalue weighted by atomic mass is 79.9. The van der Waals surface area contributed by atoms with Crippen molar-refractivity contribution in [2.45, 2.75) is 38.0 Å². The van der Waals surface area contributed by atoms with Crippen molar-refractivity contribution in [3.8, 4) is 11.3 Å². The zero-order valence-electron chi connectivity index (χ0n) is 17.9. The first-order valence-electron chi connectivity index (χ1n) is 10.2. The van der Waals surface area contributed by atoms with Crippen molar-refractivity contribution in [3.63, 3.8) is 0 Å². The SMILES string of the molecule is CC(C)(C)[S+]([O-])NC(Cc1cccc(Br)n1)c1ccccc1-c1noc2cc(Br)ccc12. The Morgan fingerprint density at radius 2 is 1.84 bits per heavy atom. The quantitative estimate of drug-likeness (QED) is 0.203. The third-order valence-corrected chi connectivity index (χ3v) is 7.56. The van der Waals surface area contributed by atoms with Gasteiger partial charge < -0.3 is 9.08 Å². The number of hydrogen-bond acceptors (Lipinski definition) is 5. The predicted octanol–water partition coefficient (Wildman–Crippen LogP) is 6.75. The van der Waals surface area contributed by atoms with Crippen LogP contribution in [0, 0.1) is 0 Å². The lowest BCUT2D eigenvalue weighted by molar-refractivity contribution is 0.459. The van der Waals surface area contributed by atoms with Crippen LogP contribution in [0.25, 0.3) is 22.2 Å². The van der Waals surface area contributed by atoms with Gasteiger partial charge in [-0.2, -0.15) is 0 Å². The van der Waals surface area contributed by atoms with Crippen LogP contribution >= 0.6 is 31.9 Å². The maximum absolute atomic E-state index is 13.1. The average Bonchev–Trinajstić information content (AvgIpc) is 3.15. The molecule has 8 heteroatoms. The van der Waals surface area contributed by atoms with E-state index in [-0.39, 0.29) is 6.04 Å². The minimum atomic E-state index is -1.27. The molecule has 2 aromatic heterocycles. The van der Waals surface area contributed by atoms with Crippen LogP contribution in [-0.2, 0) is 17.8 Å². The molecule has 2 unspecified atom stereocenters. The summed E-state index contributed by atoms with van der Waals surface area (Å²) in [6.07, 6.45) is 0.569. The summed E-state index contributed by atoms with van der Waals surface area (Å²) in [5.74, 6) is 0. The van der Waals surface area contributed by atoms with Crippen LogP contribution in [0.15, 0.2) is 74.3 Å². The van der Waals surface area contributed by atoms with Gasteiger partial charge in [-0.3, -0.25) is 0 Å². The molecule has 0 aliphatic rings. The molecule has 0 saturated carbocycles. The van der Waals surface area contributed by atoms with Crippen LogP contribution in [0.4, 0.5) is 0 Å². The first kappa shape index (κ1) is 23.4. The second kappa shape index (κ2) is 9.65. The molecule has 0 aliphatic heterocycles. The molecule has 166 valence electrons. The highest BCUT2D eigenvalue weighted by molar-refractivity contribution is 9.10. The number of aromatic nitrogens is 2. The van der Waals surface area contributed by atoms with Crippen LogP contribution in [0.5, 0.6) is 0 Å². The Balaban J connectivity index is 1.80. The molecule has 0 aliphatic carbocycles. The maximum Gasteiger partial charge on any atom is 0.168 e. The van der Waals surface area contributed by atoms with E-state index in [4.69, 9.17) is 4.52 Å². The third-order valence-electron chi connectivity index (χ3n) is 5.02. The van der Waals surface area contributed by atoms with E-state index in [0.29, 0.717) is 12.0 Å². The summed E-state index contributed by atoms with van der Waals surface area (Å²) >= 11 is 5.66. The van der Waals surface area contributed by atoms with Gasteiger partial charge >= 0.3 is 0 Å². The van der Waals surface area contributed by atoms with E-state index in [9.17, 15) is 4.55 Å². The van der Waals surface area contributed by atoms with Gasteiger partial charge in [0, 0.05) is 38.9 Å². The smallest absolute Gasteiger partial charge is 0.168 e. The second-order valence-electron chi connectivity index (χ2n) is 8.47. The average molecular weight is 577 g/mol. The van der Waals surface area contributed by atoms with E-state index < -0.39 is 16.1 Å². The van der Waals surface area contributed by atoms with E-state index in [1.165, 1.54) is 0 Å². The highest BCUT2D eigenvalue weighted by Gasteiger charge is 2.31. The van der Waals surface area contributed by atoms with Gasteiger partial charge in [0.1, 0.15) is 15.0 Å². The predicted molar refractivity (Wildman–Crippen MR) is 137 cm³/mol.